The van der Waals surface area contributed by atoms with E-state index >= 15 is 0 Å². The van der Waals surface area contributed by atoms with Crippen LogP contribution < -0.4 is 0 Å². The Kier molecular flexibility index (Phi) is 3.38. The van der Waals surface area contributed by atoms with Gasteiger partial charge in [0.25, 0.3) is 0 Å². The Morgan fingerprint density at radius 2 is 2.36 bits per heavy atom. The van der Waals surface area contributed by atoms with Gasteiger partial charge in [0.2, 0.25) is 0 Å². The van der Waals surface area contributed by atoms with E-state index in [1.165, 1.54) is 6.07 Å². The van der Waals surface area contributed by atoms with Crippen molar-refractivity contribution in [1.29, 1.82) is 0 Å². The summed E-state index contributed by atoms with van der Waals surface area (Å²) < 4.78 is 0. The smallest absolute Gasteiger partial charge is 0.324 e. The van der Waals surface area contributed by atoms with Crippen LogP contribution in [0.1, 0.15) is 17.9 Å². The van der Waals surface area contributed by atoms with Crippen LogP contribution >= 0.6 is 11.3 Å². The molecule has 14 heavy (non-hydrogen) atoms. The second-order valence-electron chi connectivity index (χ2n) is 2.97. The molecule has 1 N–H and O–H groups in total. The molecule has 4 nitrogen and oxygen atoms in total. The zero-order chi connectivity index (χ0) is 10.7. The van der Waals surface area contributed by atoms with E-state index in [9.17, 15) is 15.2 Å². The maximum atomic E-state index is 10.4. The summed E-state index contributed by atoms with van der Waals surface area (Å²) in [5.41, 5.74) is 0. The molecule has 0 aromatic carbocycles. The number of hydrogen-bond donors (Lipinski definition) is 1. The van der Waals surface area contributed by atoms with Gasteiger partial charge in [-0.1, -0.05) is 24.3 Å². The molecule has 2 atom stereocenters. The van der Waals surface area contributed by atoms with Crippen molar-refractivity contribution < 1.29 is 10.0 Å². The van der Waals surface area contributed by atoms with Gasteiger partial charge in [0, 0.05) is 16.9 Å². The van der Waals surface area contributed by atoms with Crippen LogP contribution in [0.5, 0.6) is 0 Å². The van der Waals surface area contributed by atoms with Gasteiger partial charge >= 0.3 is 5.00 Å². The Hall–Kier alpha value is -1.20. The summed E-state index contributed by atoms with van der Waals surface area (Å²) in [6.07, 6.45) is 0.919. The van der Waals surface area contributed by atoms with Gasteiger partial charge in [-0.15, -0.1) is 6.58 Å². The summed E-state index contributed by atoms with van der Waals surface area (Å²) in [6.45, 7) is 5.37. The minimum atomic E-state index is -0.703. The Bertz CT molecular complexity index is 348. The van der Waals surface area contributed by atoms with Crippen molar-refractivity contribution in [2.45, 2.75) is 13.0 Å². The third-order valence-electron chi connectivity index (χ3n) is 1.95. The molecule has 76 valence electrons. The molecule has 0 saturated carbocycles. The first-order chi connectivity index (χ1) is 6.56. The van der Waals surface area contributed by atoms with Gasteiger partial charge in [-0.05, 0) is 6.07 Å². The molecule has 1 aromatic rings. The summed E-state index contributed by atoms with van der Waals surface area (Å²) in [6, 6.07) is 2.98. The van der Waals surface area contributed by atoms with Crippen molar-refractivity contribution >= 4 is 16.3 Å². The molecule has 0 fully saturated rings. The van der Waals surface area contributed by atoms with Crippen LogP contribution in [0.25, 0.3) is 0 Å². The second-order valence-corrected chi connectivity index (χ2v) is 4.07. The first-order valence-corrected chi connectivity index (χ1v) is 4.92. The highest BCUT2D eigenvalue weighted by Gasteiger charge is 2.18. The lowest BCUT2D eigenvalue weighted by Gasteiger charge is -2.12. The molecule has 0 aliphatic carbocycles. The minimum absolute atomic E-state index is 0.0512. The van der Waals surface area contributed by atoms with E-state index in [1.807, 2.05) is 6.92 Å². The predicted octanol–water partition coefficient (Wildman–Crippen LogP) is 2.51. The van der Waals surface area contributed by atoms with E-state index in [-0.39, 0.29) is 10.9 Å². The molecule has 0 aliphatic rings. The number of nitrogens with zero attached hydrogens (tertiary/aromatic N) is 1. The third kappa shape index (κ3) is 2.18. The maximum absolute atomic E-state index is 10.4. The Morgan fingerprint density at radius 3 is 2.79 bits per heavy atom. The number of aliphatic hydroxyl groups excluding tert-OH is 1. The lowest BCUT2D eigenvalue weighted by atomic mass is 10.0. The van der Waals surface area contributed by atoms with Crippen molar-refractivity contribution in [3.63, 3.8) is 0 Å². The first kappa shape index (κ1) is 10.9. The van der Waals surface area contributed by atoms with E-state index in [4.69, 9.17) is 0 Å². The number of hydrogen-bond acceptors (Lipinski definition) is 4. The molecule has 0 saturated heterocycles. The highest BCUT2D eigenvalue weighted by Crippen LogP contribution is 2.32. The minimum Gasteiger partial charge on any atom is -0.387 e. The summed E-state index contributed by atoms with van der Waals surface area (Å²) in [7, 11) is 0. The number of nitro groups is 1. The quantitative estimate of drug-likeness (QED) is 0.475. The van der Waals surface area contributed by atoms with E-state index < -0.39 is 11.0 Å². The largest absolute Gasteiger partial charge is 0.387 e. The standard InChI is InChI=1S/C9H11NO3S/c1-3-6(2)9(11)7-4-5-8(14-7)10(12)13/h3-6,9,11H,1H2,2H3/t6-,9-/m1/s1. The Morgan fingerprint density at radius 1 is 1.71 bits per heavy atom. The molecule has 1 aromatic heterocycles. The van der Waals surface area contributed by atoms with E-state index in [0.29, 0.717) is 4.88 Å². The highest BCUT2D eigenvalue weighted by molar-refractivity contribution is 7.15. The molecule has 0 aliphatic heterocycles. The van der Waals surface area contributed by atoms with Crippen LogP contribution in [0.15, 0.2) is 24.8 Å². The van der Waals surface area contributed by atoms with Crippen LogP contribution in [-0.2, 0) is 0 Å². The number of thiophene rings is 1. The predicted molar refractivity (Wildman–Crippen MR) is 55.3 cm³/mol. The molecular formula is C9H11NO3S. The fourth-order valence-corrected chi connectivity index (χ4v) is 1.91. The molecule has 0 bridgehead atoms. The van der Waals surface area contributed by atoms with Gasteiger partial charge in [-0.3, -0.25) is 10.1 Å². The van der Waals surface area contributed by atoms with Crippen LogP contribution in [0, 0.1) is 16.0 Å². The molecule has 0 radical (unpaired) electrons. The van der Waals surface area contributed by atoms with Crippen molar-refractivity contribution in [2.75, 3.05) is 0 Å². The molecule has 0 spiro atoms. The van der Waals surface area contributed by atoms with Crippen molar-refractivity contribution in [3.8, 4) is 0 Å². The average molecular weight is 213 g/mol. The lowest BCUT2D eigenvalue weighted by Crippen LogP contribution is -2.03. The topological polar surface area (TPSA) is 63.4 Å². The van der Waals surface area contributed by atoms with Crippen LogP contribution in [-0.4, -0.2) is 10.0 Å². The molecule has 0 amide bonds. The van der Waals surface area contributed by atoms with Gasteiger partial charge < -0.3 is 5.11 Å². The van der Waals surface area contributed by atoms with Crippen LogP contribution in [0.4, 0.5) is 5.00 Å². The second kappa shape index (κ2) is 4.34. The van der Waals surface area contributed by atoms with Crippen molar-refractivity contribution in [2.24, 2.45) is 5.92 Å². The van der Waals surface area contributed by atoms with Crippen molar-refractivity contribution in [1.82, 2.24) is 0 Å². The number of aliphatic hydroxyl groups is 1. The molecule has 0 unspecified atom stereocenters. The monoisotopic (exact) mass is 213 g/mol. The maximum Gasteiger partial charge on any atom is 0.324 e. The summed E-state index contributed by atoms with van der Waals surface area (Å²) >= 11 is 0.996. The molecular weight excluding hydrogens is 202 g/mol. The summed E-state index contributed by atoms with van der Waals surface area (Å²) in [5, 5.41) is 20.1. The van der Waals surface area contributed by atoms with Gasteiger partial charge in [-0.2, -0.15) is 0 Å². The third-order valence-corrected chi connectivity index (χ3v) is 3.06. The van der Waals surface area contributed by atoms with Crippen LogP contribution in [0.2, 0.25) is 0 Å². The Balaban J connectivity index is 2.86. The van der Waals surface area contributed by atoms with E-state index in [0.717, 1.165) is 11.3 Å². The molecule has 5 heteroatoms. The van der Waals surface area contributed by atoms with Gasteiger partial charge in [-0.25, -0.2) is 0 Å². The first-order valence-electron chi connectivity index (χ1n) is 4.11. The number of rotatable bonds is 4. The average Bonchev–Trinajstić information content (AvgIpc) is 2.64. The zero-order valence-corrected chi connectivity index (χ0v) is 8.53. The Labute approximate surface area is 85.7 Å². The summed E-state index contributed by atoms with van der Waals surface area (Å²) in [4.78, 5) is 10.5. The van der Waals surface area contributed by atoms with E-state index in [2.05, 4.69) is 6.58 Å². The van der Waals surface area contributed by atoms with E-state index in [1.54, 1.807) is 12.1 Å². The fraction of sp³-hybridized carbons (Fsp3) is 0.333. The van der Waals surface area contributed by atoms with Crippen LogP contribution in [0.3, 0.4) is 0 Å². The summed E-state index contributed by atoms with van der Waals surface area (Å²) in [5.74, 6) is -0.103. The SMILES string of the molecule is C=C[C@@H](C)[C@@H](O)c1ccc([N+](=O)[O-])s1. The van der Waals surface area contributed by atoms with Crippen molar-refractivity contribution in [3.05, 3.63) is 39.8 Å². The lowest BCUT2D eigenvalue weighted by molar-refractivity contribution is -0.380. The molecule has 1 rings (SSSR count). The molecule has 1 heterocycles. The fourth-order valence-electron chi connectivity index (χ4n) is 0.987. The normalized spacial score (nSPS) is 14.7. The van der Waals surface area contributed by atoms with Gasteiger partial charge in [0.05, 0.1) is 11.0 Å². The van der Waals surface area contributed by atoms with Gasteiger partial charge in [0.15, 0.2) is 0 Å². The van der Waals surface area contributed by atoms with Gasteiger partial charge in [0.1, 0.15) is 0 Å². The zero-order valence-electron chi connectivity index (χ0n) is 7.71. The highest BCUT2D eigenvalue weighted by atomic mass is 32.1.